The van der Waals surface area contributed by atoms with Gasteiger partial charge in [-0.25, -0.2) is 0 Å². The lowest BCUT2D eigenvalue weighted by Gasteiger charge is -2.44. The van der Waals surface area contributed by atoms with Crippen molar-refractivity contribution in [3.8, 4) is 0 Å². The summed E-state index contributed by atoms with van der Waals surface area (Å²) in [5, 5.41) is 30.7. The topological polar surface area (TPSA) is 63.9 Å². The molecule has 1 aliphatic rings. The minimum atomic E-state index is -0.996. The monoisotopic (exact) mass is 385 g/mol. The summed E-state index contributed by atoms with van der Waals surface area (Å²) in [7, 11) is 0. The molecule has 162 valence electrons. The van der Waals surface area contributed by atoms with Gasteiger partial charge < -0.3 is 15.3 Å². The molecule has 27 heavy (non-hydrogen) atoms. The number of aliphatic hydroxyl groups excluding tert-OH is 3. The molecule has 2 unspecified atom stereocenters. The van der Waals surface area contributed by atoms with Crippen molar-refractivity contribution in [1.82, 2.24) is 4.90 Å². The third-order valence-electron chi connectivity index (χ3n) is 6.18. The van der Waals surface area contributed by atoms with E-state index in [1.165, 1.54) is 77.0 Å². The van der Waals surface area contributed by atoms with Crippen LogP contribution in [0.15, 0.2) is 0 Å². The van der Waals surface area contributed by atoms with Crippen LogP contribution in [0.1, 0.15) is 110 Å². The Hall–Kier alpha value is -0.160. The summed E-state index contributed by atoms with van der Waals surface area (Å²) < 4.78 is 0. The minimum absolute atomic E-state index is 0.000803. The molecule has 1 rings (SSSR count). The fraction of sp³-hybridized carbons (Fsp3) is 1.00. The van der Waals surface area contributed by atoms with Gasteiger partial charge in [0.2, 0.25) is 0 Å². The first-order valence-electron chi connectivity index (χ1n) is 11.9. The zero-order chi connectivity index (χ0) is 19.9. The largest absolute Gasteiger partial charge is 0.389 e. The van der Waals surface area contributed by atoms with Crippen molar-refractivity contribution in [1.29, 1.82) is 0 Å². The average molecular weight is 386 g/mol. The van der Waals surface area contributed by atoms with E-state index >= 15 is 0 Å². The molecule has 1 aliphatic heterocycles. The third kappa shape index (κ3) is 10.3. The van der Waals surface area contributed by atoms with Gasteiger partial charge in [-0.1, -0.05) is 97.3 Å². The van der Waals surface area contributed by atoms with Crippen LogP contribution < -0.4 is 0 Å². The summed E-state index contributed by atoms with van der Waals surface area (Å²) in [4.78, 5) is 2.24. The van der Waals surface area contributed by atoms with Gasteiger partial charge in [-0.2, -0.15) is 0 Å². The van der Waals surface area contributed by atoms with Crippen LogP contribution in [-0.4, -0.2) is 57.7 Å². The van der Waals surface area contributed by atoms with E-state index in [9.17, 15) is 15.3 Å². The maximum absolute atomic E-state index is 10.5. The van der Waals surface area contributed by atoms with Crippen LogP contribution in [0.2, 0.25) is 0 Å². The van der Waals surface area contributed by atoms with Crippen molar-refractivity contribution in [3.05, 3.63) is 0 Å². The number of hydrogen-bond acceptors (Lipinski definition) is 4. The molecule has 0 aliphatic carbocycles. The van der Waals surface area contributed by atoms with Gasteiger partial charge in [0.05, 0.1) is 12.2 Å². The number of hydrogen-bond donors (Lipinski definition) is 3. The van der Waals surface area contributed by atoms with Crippen LogP contribution in [-0.2, 0) is 0 Å². The zero-order valence-corrected chi connectivity index (χ0v) is 18.1. The van der Waals surface area contributed by atoms with Gasteiger partial charge in [-0.15, -0.1) is 0 Å². The Morgan fingerprint density at radius 2 is 1.11 bits per heavy atom. The van der Waals surface area contributed by atoms with E-state index in [2.05, 4.69) is 18.7 Å². The lowest BCUT2D eigenvalue weighted by molar-refractivity contribution is -0.138. The highest BCUT2D eigenvalue weighted by atomic mass is 16.4. The number of rotatable bonds is 16. The van der Waals surface area contributed by atoms with E-state index in [-0.39, 0.29) is 6.04 Å². The first kappa shape index (κ1) is 24.9. The van der Waals surface area contributed by atoms with Crippen molar-refractivity contribution in [2.24, 2.45) is 0 Å². The highest BCUT2D eigenvalue weighted by Gasteiger charge is 2.40. The normalized spacial score (nSPS) is 26.6. The highest BCUT2D eigenvalue weighted by Crippen LogP contribution is 2.24. The highest BCUT2D eigenvalue weighted by molar-refractivity contribution is 4.94. The van der Waals surface area contributed by atoms with Crippen LogP contribution in [0.25, 0.3) is 0 Å². The zero-order valence-electron chi connectivity index (χ0n) is 18.1. The molecule has 0 amide bonds. The summed E-state index contributed by atoms with van der Waals surface area (Å²) in [6.45, 7) is 5.90. The van der Waals surface area contributed by atoms with Crippen LogP contribution in [0.4, 0.5) is 0 Å². The van der Waals surface area contributed by atoms with Crippen LogP contribution >= 0.6 is 0 Å². The molecule has 0 aromatic heterocycles. The second kappa shape index (κ2) is 15.7. The van der Waals surface area contributed by atoms with Gasteiger partial charge in [0.15, 0.2) is 0 Å². The molecule has 0 bridgehead atoms. The minimum Gasteiger partial charge on any atom is -0.389 e. The maximum atomic E-state index is 10.5. The lowest BCUT2D eigenvalue weighted by Crippen LogP contribution is -2.61. The second-order valence-corrected chi connectivity index (χ2v) is 8.64. The van der Waals surface area contributed by atoms with E-state index < -0.39 is 18.3 Å². The van der Waals surface area contributed by atoms with Gasteiger partial charge in [-0.3, -0.25) is 4.90 Å². The predicted molar refractivity (Wildman–Crippen MR) is 114 cm³/mol. The van der Waals surface area contributed by atoms with Crippen molar-refractivity contribution in [2.45, 2.75) is 135 Å². The number of unbranched alkanes of at least 4 members (excludes halogenated alkanes) is 12. The fourth-order valence-corrected chi connectivity index (χ4v) is 4.35. The predicted octanol–water partition coefficient (Wildman–Crippen LogP) is 4.64. The van der Waals surface area contributed by atoms with E-state index in [1.54, 1.807) is 0 Å². The molecule has 0 aromatic rings. The molecule has 4 nitrogen and oxygen atoms in total. The number of likely N-dealkylation sites (tertiary alicyclic amines) is 1. The molecule has 0 spiro atoms. The van der Waals surface area contributed by atoms with Crippen molar-refractivity contribution in [3.63, 3.8) is 0 Å². The molecule has 0 saturated carbocycles. The molecule has 1 saturated heterocycles. The van der Waals surface area contributed by atoms with Crippen LogP contribution in [0.5, 0.6) is 0 Å². The Labute approximate surface area is 168 Å². The summed E-state index contributed by atoms with van der Waals surface area (Å²) in [5.74, 6) is 0. The summed E-state index contributed by atoms with van der Waals surface area (Å²) in [5.41, 5.74) is 0. The molecule has 1 heterocycles. The standard InChI is InChI=1S/C23H47NO3/c1-3-5-7-9-11-13-15-17-20-22(26)23(27)21(25)19-24(20)18-16-14-12-10-8-6-4-2/h20-23,25-27H,3-19H2,1-2H3/t20-,21-,22?,23?/m1/s1. The Bertz CT molecular complexity index is 340. The van der Waals surface area contributed by atoms with Crippen LogP contribution in [0.3, 0.4) is 0 Å². The van der Waals surface area contributed by atoms with Gasteiger partial charge in [0.1, 0.15) is 6.10 Å². The maximum Gasteiger partial charge on any atom is 0.108 e. The first-order chi connectivity index (χ1) is 13.1. The quantitative estimate of drug-likeness (QED) is 0.339. The number of piperidine rings is 1. The van der Waals surface area contributed by atoms with Crippen LogP contribution in [0, 0.1) is 0 Å². The van der Waals surface area contributed by atoms with Crippen molar-refractivity contribution < 1.29 is 15.3 Å². The molecular formula is C23H47NO3. The van der Waals surface area contributed by atoms with Crippen molar-refractivity contribution >= 4 is 0 Å². The molecule has 1 fully saturated rings. The Morgan fingerprint density at radius 3 is 1.67 bits per heavy atom. The van der Waals surface area contributed by atoms with E-state index in [0.29, 0.717) is 6.54 Å². The number of β-amino-alcohol motifs (C(OH)–C–C–N with tert-alkyl or cyclic N) is 1. The Kier molecular flexibility index (Phi) is 14.5. The van der Waals surface area contributed by atoms with Gasteiger partial charge >= 0.3 is 0 Å². The fourth-order valence-electron chi connectivity index (χ4n) is 4.35. The molecular weight excluding hydrogens is 338 g/mol. The summed E-state index contributed by atoms with van der Waals surface area (Å²) in [6.07, 6.45) is 16.0. The van der Waals surface area contributed by atoms with E-state index in [4.69, 9.17) is 0 Å². The summed E-state index contributed by atoms with van der Waals surface area (Å²) >= 11 is 0. The Morgan fingerprint density at radius 1 is 0.630 bits per heavy atom. The smallest absolute Gasteiger partial charge is 0.108 e. The molecule has 3 N–H and O–H groups in total. The SMILES string of the molecule is CCCCCCCCC[C@@H]1C(O)C(O)[C@H](O)CN1CCCCCCCCC. The van der Waals surface area contributed by atoms with Gasteiger partial charge in [-0.05, 0) is 19.4 Å². The first-order valence-corrected chi connectivity index (χ1v) is 11.9. The molecule has 0 aromatic carbocycles. The second-order valence-electron chi connectivity index (χ2n) is 8.64. The Balaban J connectivity index is 2.30. The van der Waals surface area contributed by atoms with E-state index in [1.807, 2.05) is 0 Å². The third-order valence-corrected chi connectivity index (χ3v) is 6.18. The number of aliphatic hydroxyl groups is 3. The van der Waals surface area contributed by atoms with Crippen molar-refractivity contribution in [2.75, 3.05) is 13.1 Å². The average Bonchev–Trinajstić information content (AvgIpc) is 2.66. The summed E-state index contributed by atoms with van der Waals surface area (Å²) in [6, 6.07) is -0.000803. The van der Waals surface area contributed by atoms with E-state index in [0.717, 1.165) is 25.8 Å². The van der Waals surface area contributed by atoms with Gasteiger partial charge in [0, 0.05) is 12.6 Å². The molecule has 4 heteroatoms. The molecule has 0 radical (unpaired) electrons. The van der Waals surface area contributed by atoms with Gasteiger partial charge in [0.25, 0.3) is 0 Å². The lowest BCUT2D eigenvalue weighted by atomic mass is 9.89. The number of nitrogens with zero attached hydrogens (tertiary/aromatic N) is 1. The molecule has 4 atom stereocenters.